The van der Waals surface area contributed by atoms with Crippen molar-refractivity contribution in [2.45, 2.75) is 4.90 Å². The molecule has 2 aromatic rings. The molecule has 2 aromatic carbocycles. The maximum absolute atomic E-state index is 13.1. The first-order chi connectivity index (χ1) is 14.3. The first-order valence-corrected chi connectivity index (χ1v) is 11.4. The fraction of sp³-hybridized carbons (Fsp3) is 0.350. The van der Waals surface area contributed by atoms with Gasteiger partial charge in [-0.3, -0.25) is 4.79 Å². The van der Waals surface area contributed by atoms with Crippen molar-refractivity contribution >= 4 is 31.9 Å². The molecular weight excluding hydrogens is 476 g/mol. The standard InChI is InChI=1S/C20H23BrN2O6S/c1-27-16-9-8-14(18(28-2)19(16)29-3)20(24)22-10-12-23(13-11-22)30(25,26)17-7-5-4-6-15(17)21/h4-9H,10-13H2,1-3H3. The normalized spacial score (nSPS) is 15.0. The smallest absolute Gasteiger partial charge is 0.257 e. The number of halogens is 1. The van der Waals surface area contributed by atoms with E-state index < -0.39 is 10.0 Å². The number of amides is 1. The van der Waals surface area contributed by atoms with Crippen molar-refractivity contribution in [1.82, 2.24) is 9.21 Å². The van der Waals surface area contributed by atoms with Gasteiger partial charge < -0.3 is 19.1 Å². The van der Waals surface area contributed by atoms with E-state index in [0.717, 1.165) is 0 Å². The van der Waals surface area contributed by atoms with Gasteiger partial charge in [-0.05, 0) is 40.2 Å². The van der Waals surface area contributed by atoms with E-state index in [1.165, 1.54) is 25.6 Å². The van der Waals surface area contributed by atoms with Gasteiger partial charge in [-0.25, -0.2) is 8.42 Å². The number of carbonyl (C=O) groups excluding carboxylic acids is 1. The number of nitrogens with zero attached hydrogens (tertiary/aromatic N) is 2. The van der Waals surface area contributed by atoms with Crippen molar-refractivity contribution in [2.24, 2.45) is 0 Å². The molecule has 0 atom stereocenters. The lowest BCUT2D eigenvalue weighted by Gasteiger charge is -2.34. The van der Waals surface area contributed by atoms with E-state index in [-0.39, 0.29) is 42.7 Å². The highest BCUT2D eigenvalue weighted by atomic mass is 79.9. The Morgan fingerprint density at radius 1 is 0.900 bits per heavy atom. The quantitative estimate of drug-likeness (QED) is 0.608. The molecule has 0 aliphatic carbocycles. The zero-order valence-electron chi connectivity index (χ0n) is 16.9. The summed E-state index contributed by atoms with van der Waals surface area (Å²) in [6.45, 7) is 0.927. The average molecular weight is 499 g/mol. The van der Waals surface area contributed by atoms with Crippen molar-refractivity contribution in [3.63, 3.8) is 0 Å². The van der Waals surface area contributed by atoms with Crippen LogP contribution < -0.4 is 14.2 Å². The Kier molecular flexibility index (Phi) is 6.89. The highest BCUT2D eigenvalue weighted by molar-refractivity contribution is 9.10. The summed E-state index contributed by atoms with van der Waals surface area (Å²) >= 11 is 3.30. The van der Waals surface area contributed by atoms with Crippen molar-refractivity contribution in [2.75, 3.05) is 47.5 Å². The first-order valence-electron chi connectivity index (χ1n) is 9.18. The molecule has 0 bridgehead atoms. The Labute approximate surface area is 184 Å². The molecule has 0 N–H and O–H groups in total. The number of rotatable bonds is 6. The summed E-state index contributed by atoms with van der Waals surface area (Å²) in [5.41, 5.74) is 0.331. The molecule has 162 valence electrons. The van der Waals surface area contributed by atoms with Crippen LogP contribution in [0, 0.1) is 0 Å². The van der Waals surface area contributed by atoms with E-state index in [4.69, 9.17) is 14.2 Å². The third-order valence-electron chi connectivity index (χ3n) is 4.91. The number of hydrogen-bond donors (Lipinski definition) is 0. The molecule has 8 nitrogen and oxygen atoms in total. The second-order valence-corrected chi connectivity index (χ2v) is 9.27. The van der Waals surface area contributed by atoms with E-state index in [2.05, 4.69) is 15.9 Å². The second-order valence-electron chi connectivity index (χ2n) is 6.51. The highest BCUT2D eigenvalue weighted by Gasteiger charge is 2.33. The number of piperazine rings is 1. The number of benzene rings is 2. The Morgan fingerprint density at radius 3 is 2.10 bits per heavy atom. The molecule has 1 heterocycles. The van der Waals surface area contributed by atoms with Gasteiger partial charge in [-0.15, -0.1) is 0 Å². The average Bonchev–Trinajstić information content (AvgIpc) is 2.77. The summed E-state index contributed by atoms with van der Waals surface area (Å²) in [6, 6.07) is 9.95. The van der Waals surface area contributed by atoms with Crippen LogP contribution >= 0.6 is 15.9 Å². The summed E-state index contributed by atoms with van der Waals surface area (Å²) < 4.78 is 43.8. The Hall–Kier alpha value is -2.30. The Bertz CT molecular complexity index is 1040. The first kappa shape index (κ1) is 22.4. The third-order valence-corrected chi connectivity index (χ3v) is 7.83. The summed E-state index contributed by atoms with van der Waals surface area (Å²) in [6.07, 6.45) is 0. The van der Waals surface area contributed by atoms with Crippen LogP contribution in [0.15, 0.2) is 45.8 Å². The molecule has 30 heavy (non-hydrogen) atoms. The summed E-state index contributed by atoms with van der Waals surface area (Å²) in [5, 5.41) is 0. The number of carbonyl (C=O) groups is 1. The van der Waals surface area contributed by atoms with Crippen LogP contribution in [-0.2, 0) is 10.0 Å². The van der Waals surface area contributed by atoms with Crippen LogP contribution in [0.5, 0.6) is 17.2 Å². The zero-order chi connectivity index (χ0) is 21.9. The van der Waals surface area contributed by atoms with Gasteiger partial charge in [-0.1, -0.05) is 12.1 Å². The third kappa shape index (κ3) is 4.12. The monoisotopic (exact) mass is 498 g/mol. The fourth-order valence-electron chi connectivity index (χ4n) is 3.36. The van der Waals surface area contributed by atoms with E-state index in [9.17, 15) is 13.2 Å². The number of ether oxygens (including phenoxy) is 3. The number of hydrogen-bond acceptors (Lipinski definition) is 6. The fourth-order valence-corrected chi connectivity index (χ4v) is 5.75. The molecule has 0 radical (unpaired) electrons. The van der Waals surface area contributed by atoms with Gasteiger partial charge in [0, 0.05) is 30.7 Å². The van der Waals surface area contributed by atoms with Gasteiger partial charge in [0.2, 0.25) is 15.8 Å². The van der Waals surface area contributed by atoms with Crippen LogP contribution in [0.1, 0.15) is 10.4 Å². The van der Waals surface area contributed by atoms with E-state index in [0.29, 0.717) is 21.5 Å². The summed E-state index contributed by atoms with van der Waals surface area (Å²) in [5.74, 6) is 0.812. The van der Waals surface area contributed by atoms with Gasteiger partial charge >= 0.3 is 0 Å². The van der Waals surface area contributed by atoms with Gasteiger partial charge in [0.05, 0.1) is 31.8 Å². The molecule has 1 saturated heterocycles. The van der Waals surface area contributed by atoms with Crippen molar-refractivity contribution < 1.29 is 27.4 Å². The molecule has 0 aromatic heterocycles. The van der Waals surface area contributed by atoms with Gasteiger partial charge in [0.1, 0.15) is 0 Å². The number of sulfonamides is 1. The molecule has 1 amide bonds. The molecule has 1 aliphatic rings. The Balaban J connectivity index is 1.79. The summed E-state index contributed by atoms with van der Waals surface area (Å²) in [4.78, 5) is 14.9. The molecule has 10 heteroatoms. The van der Waals surface area contributed by atoms with Crippen molar-refractivity contribution in [3.05, 3.63) is 46.4 Å². The largest absolute Gasteiger partial charge is 0.493 e. The Morgan fingerprint density at radius 2 is 1.53 bits per heavy atom. The number of methoxy groups -OCH3 is 3. The lowest BCUT2D eigenvalue weighted by molar-refractivity contribution is 0.0693. The molecule has 1 aliphatic heterocycles. The maximum atomic E-state index is 13.1. The molecule has 3 rings (SSSR count). The lowest BCUT2D eigenvalue weighted by Crippen LogP contribution is -2.50. The van der Waals surface area contributed by atoms with Crippen LogP contribution in [0.4, 0.5) is 0 Å². The van der Waals surface area contributed by atoms with Crippen molar-refractivity contribution in [3.8, 4) is 17.2 Å². The molecule has 0 saturated carbocycles. The minimum absolute atomic E-state index is 0.199. The van der Waals surface area contributed by atoms with Crippen LogP contribution in [0.3, 0.4) is 0 Å². The van der Waals surface area contributed by atoms with Gasteiger partial charge in [0.25, 0.3) is 5.91 Å². The minimum Gasteiger partial charge on any atom is -0.493 e. The minimum atomic E-state index is -3.65. The SMILES string of the molecule is COc1ccc(C(=O)N2CCN(S(=O)(=O)c3ccccc3Br)CC2)c(OC)c1OC. The lowest BCUT2D eigenvalue weighted by atomic mass is 10.1. The molecule has 1 fully saturated rings. The highest BCUT2D eigenvalue weighted by Crippen LogP contribution is 2.40. The predicted molar refractivity (Wildman–Crippen MR) is 115 cm³/mol. The molecule has 0 unspecified atom stereocenters. The maximum Gasteiger partial charge on any atom is 0.257 e. The van der Waals surface area contributed by atoms with Crippen molar-refractivity contribution in [1.29, 1.82) is 0 Å². The predicted octanol–water partition coefficient (Wildman–Crippen LogP) is 2.62. The van der Waals surface area contributed by atoms with E-state index >= 15 is 0 Å². The molecule has 0 spiro atoms. The second kappa shape index (κ2) is 9.23. The topological polar surface area (TPSA) is 85.4 Å². The van der Waals surface area contributed by atoms with Gasteiger partial charge in [-0.2, -0.15) is 4.31 Å². The zero-order valence-corrected chi connectivity index (χ0v) is 19.3. The van der Waals surface area contributed by atoms with Crippen LogP contribution in [-0.4, -0.2) is 71.0 Å². The summed E-state index contributed by atoms with van der Waals surface area (Å²) in [7, 11) is 0.779. The van der Waals surface area contributed by atoms with E-state index in [1.54, 1.807) is 41.3 Å². The van der Waals surface area contributed by atoms with E-state index in [1.807, 2.05) is 0 Å². The molecular formula is C20H23BrN2O6S. The van der Waals surface area contributed by atoms with Gasteiger partial charge in [0.15, 0.2) is 11.5 Å². The van der Waals surface area contributed by atoms with Crippen LogP contribution in [0.25, 0.3) is 0 Å². The van der Waals surface area contributed by atoms with Crippen LogP contribution in [0.2, 0.25) is 0 Å².